The van der Waals surface area contributed by atoms with Crippen molar-refractivity contribution in [3.05, 3.63) is 24.3 Å². The van der Waals surface area contributed by atoms with Crippen LogP contribution in [-0.2, 0) is 20.4 Å². The van der Waals surface area contributed by atoms with E-state index in [1.165, 1.54) is 25.7 Å². The third-order valence-corrected chi connectivity index (χ3v) is 1.37. The van der Waals surface area contributed by atoms with Crippen LogP contribution < -0.4 is 0 Å². The zero-order valence-electron chi connectivity index (χ0n) is 5.45. The van der Waals surface area contributed by atoms with Gasteiger partial charge in [0, 0.05) is 0 Å². The zero-order chi connectivity index (χ0) is 5.66. The molecule has 0 spiro atoms. The molecule has 1 aliphatic rings. The van der Waals surface area contributed by atoms with E-state index in [1.54, 1.807) is 0 Å². The topological polar surface area (TPSA) is 0 Å². The van der Waals surface area contributed by atoms with Crippen molar-refractivity contribution in [3.63, 3.8) is 0 Å². The van der Waals surface area contributed by atoms with E-state index in [9.17, 15) is 0 Å². The molecule has 0 N–H and O–H groups in total. The van der Waals surface area contributed by atoms with Crippen LogP contribution in [0.2, 0.25) is 0 Å². The summed E-state index contributed by atoms with van der Waals surface area (Å²) in [5, 5.41) is 0. The fourth-order valence-electron chi connectivity index (χ4n) is 0.874. The maximum absolute atomic E-state index is 2.23. The first-order chi connectivity index (χ1) is 4.00. The van der Waals surface area contributed by atoms with Gasteiger partial charge in [0.2, 0.25) is 0 Å². The van der Waals surface area contributed by atoms with Crippen LogP contribution in [0.15, 0.2) is 24.3 Å². The summed E-state index contributed by atoms with van der Waals surface area (Å²) in [5.41, 5.74) is 0. The van der Waals surface area contributed by atoms with Gasteiger partial charge in [-0.05, 0) is 25.7 Å². The van der Waals surface area contributed by atoms with Crippen LogP contribution in [0.1, 0.15) is 25.7 Å². The third-order valence-electron chi connectivity index (χ3n) is 1.37. The molecule has 1 aliphatic carbocycles. The Kier molecular flexibility index (Phi) is 6.36. The number of hydrogen-bond donors (Lipinski definition) is 0. The number of rotatable bonds is 0. The first-order valence-corrected chi connectivity index (χ1v) is 3.32. The van der Waals surface area contributed by atoms with Gasteiger partial charge in [0.25, 0.3) is 0 Å². The van der Waals surface area contributed by atoms with Crippen molar-refractivity contribution < 1.29 is 20.4 Å². The molecule has 0 radical (unpaired) electrons. The van der Waals surface area contributed by atoms with E-state index < -0.39 is 0 Å². The van der Waals surface area contributed by atoms with Gasteiger partial charge in [0.1, 0.15) is 0 Å². The Morgan fingerprint density at radius 2 is 1.22 bits per heavy atom. The second-order valence-corrected chi connectivity index (χ2v) is 2.14. The second-order valence-electron chi connectivity index (χ2n) is 2.14. The maximum Gasteiger partial charge on any atom is 2.00 e. The van der Waals surface area contributed by atoms with Crippen molar-refractivity contribution in [2.45, 2.75) is 25.7 Å². The van der Waals surface area contributed by atoms with E-state index in [2.05, 4.69) is 24.3 Å². The summed E-state index contributed by atoms with van der Waals surface area (Å²) < 4.78 is 0. The largest absolute Gasteiger partial charge is 2.00 e. The molecule has 52 valence electrons. The molecular weight excluding hydrogens is 203 g/mol. The maximum atomic E-state index is 2.23. The predicted octanol–water partition coefficient (Wildman–Crippen LogP) is 2.67. The van der Waals surface area contributed by atoms with Gasteiger partial charge in [0.05, 0.1) is 0 Å². The molecule has 0 heterocycles. The second kappa shape index (κ2) is 6.27. The standard InChI is InChI=1S/C8H12.Pd/c1-2-4-6-8-7-5-3-1;/h1-4H,5-8H2;/q;+2/b3-1-,4-2-;. The Bertz CT molecular complexity index is 89.1. The molecular formula is C8H12Pd+2. The van der Waals surface area contributed by atoms with E-state index in [-0.39, 0.29) is 20.4 Å². The van der Waals surface area contributed by atoms with E-state index in [4.69, 9.17) is 0 Å². The molecule has 0 atom stereocenters. The summed E-state index contributed by atoms with van der Waals surface area (Å²) in [5.74, 6) is 0. The smallest absolute Gasteiger partial charge is 0.0845 e. The minimum atomic E-state index is 0. The summed E-state index contributed by atoms with van der Waals surface area (Å²) in [7, 11) is 0. The van der Waals surface area contributed by atoms with E-state index >= 15 is 0 Å². The van der Waals surface area contributed by atoms with Crippen LogP contribution in [-0.4, -0.2) is 0 Å². The summed E-state index contributed by atoms with van der Waals surface area (Å²) in [6.07, 6.45) is 14.0. The first kappa shape index (κ1) is 9.14. The normalized spacial score (nSPS) is 24.9. The molecule has 0 aromatic heterocycles. The summed E-state index contributed by atoms with van der Waals surface area (Å²) >= 11 is 0. The number of hydrogen-bond acceptors (Lipinski definition) is 0. The molecule has 0 saturated heterocycles. The molecule has 9 heavy (non-hydrogen) atoms. The summed E-state index contributed by atoms with van der Waals surface area (Å²) in [4.78, 5) is 0. The Balaban J connectivity index is 0.000000640. The fraction of sp³-hybridized carbons (Fsp3) is 0.500. The van der Waals surface area contributed by atoms with Crippen LogP contribution in [0.3, 0.4) is 0 Å². The van der Waals surface area contributed by atoms with Crippen molar-refractivity contribution >= 4 is 0 Å². The molecule has 0 amide bonds. The quantitative estimate of drug-likeness (QED) is 0.544. The SMILES string of the molecule is C1=C\CCCC\C=C/1.[Pd+2]. The molecule has 0 nitrogen and oxygen atoms in total. The third kappa shape index (κ3) is 4.63. The average molecular weight is 215 g/mol. The molecule has 0 saturated carbocycles. The average Bonchev–Trinajstić information content (AvgIpc) is 1.62. The van der Waals surface area contributed by atoms with Gasteiger partial charge >= 0.3 is 20.4 Å². The van der Waals surface area contributed by atoms with Gasteiger partial charge in [-0.3, -0.25) is 0 Å². The predicted molar refractivity (Wildman–Crippen MR) is 36.7 cm³/mol. The van der Waals surface area contributed by atoms with E-state index in [0.717, 1.165) is 0 Å². The Hall–Kier alpha value is 0.142. The monoisotopic (exact) mass is 214 g/mol. The van der Waals surface area contributed by atoms with Gasteiger partial charge in [-0.1, -0.05) is 24.3 Å². The minimum Gasteiger partial charge on any atom is -0.0845 e. The van der Waals surface area contributed by atoms with Crippen molar-refractivity contribution in [2.75, 3.05) is 0 Å². The molecule has 1 rings (SSSR count). The Morgan fingerprint density at radius 1 is 0.778 bits per heavy atom. The van der Waals surface area contributed by atoms with E-state index in [0.29, 0.717) is 0 Å². The Labute approximate surface area is 70.7 Å². The first-order valence-electron chi connectivity index (χ1n) is 3.32. The summed E-state index contributed by atoms with van der Waals surface area (Å²) in [6, 6.07) is 0. The van der Waals surface area contributed by atoms with Crippen LogP contribution >= 0.6 is 0 Å². The van der Waals surface area contributed by atoms with Crippen LogP contribution in [0, 0.1) is 0 Å². The van der Waals surface area contributed by atoms with Crippen LogP contribution in [0.25, 0.3) is 0 Å². The molecule has 0 aromatic rings. The molecule has 0 unspecified atom stereocenters. The van der Waals surface area contributed by atoms with Gasteiger partial charge < -0.3 is 0 Å². The zero-order valence-corrected chi connectivity index (χ0v) is 7.01. The van der Waals surface area contributed by atoms with Crippen molar-refractivity contribution in [2.24, 2.45) is 0 Å². The van der Waals surface area contributed by atoms with Gasteiger partial charge in [0.15, 0.2) is 0 Å². The fourth-order valence-corrected chi connectivity index (χ4v) is 0.874. The van der Waals surface area contributed by atoms with Gasteiger partial charge in [-0.25, -0.2) is 0 Å². The molecule has 0 aliphatic heterocycles. The molecule has 0 bridgehead atoms. The summed E-state index contributed by atoms with van der Waals surface area (Å²) in [6.45, 7) is 0. The van der Waals surface area contributed by atoms with Crippen molar-refractivity contribution in [3.8, 4) is 0 Å². The molecule has 0 fully saturated rings. The molecule has 0 aromatic carbocycles. The van der Waals surface area contributed by atoms with Crippen LogP contribution in [0.5, 0.6) is 0 Å². The van der Waals surface area contributed by atoms with Gasteiger partial charge in [-0.2, -0.15) is 0 Å². The number of allylic oxidation sites excluding steroid dienone is 4. The minimum absolute atomic E-state index is 0. The van der Waals surface area contributed by atoms with Gasteiger partial charge in [-0.15, -0.1) is 0 Å². The van der Waals surface area contributed by atoms with Crippen LogP contribution in [0.4, 0.5) is 0 Å². The van der Waals surface area contributed by atoms with Crippen molar-refractivity contribution in [1.29, 1.82) is 0 Å². The van der Waals surface area contributed by atoms with E-state index in [1.807, 2.05) is 0 Å². The Morgan fingerprint density at radius 3 is 1.67 bits per heavy atom. The van der Waals surface area contributed by atoms with Crippen molar-refractivity contribution in [1.82, 2.24) is 0 Å². The molecule has 1 heteroatoms.